The first-order valence-corrected chi connectivity index (χ1v) is 7.25. The van der Waals surface area contributed by atoms with Gasteiger partial charge in [-0.05, 0) is 30.0 Å². The van der Waals surface area contributed by atoms with E-state index in [1.54, 1.807) is 0 Å². The smallest absolute Gasteiger partial charge is 0.361 e. The van der Waals surface area contributed by atoms with Gasteiger partial charge < -0.3 is 9.97 Å². The van der Waals surface area contributed by atoms with E-state index in [2.05, 4.69) is 60.8 Å². The number of hydrogen-bond acceptors (Lipinski definition) is 2. The van der Waals surface area contributed by atoms with Crippen LogP contribution in [0, 0.1) is 0 Å². The van der Waals surface area contributed by atoms with Crippen LogP contribution in [-0.2, 0) is 11.1 Å². The van der Waals surface area contributed by atoms with Gasteiger partial charge in [-0.2, -0.15) is 0 Å². The van der Waals surface area contributed by atoms with Crippen LogP contribution in [0.2, 0.25) is 0 Å². The maximum Gasteiger partial charge on any atom is 0.361 e. The molecule has 0 spiro atoms. The van der Waals surface area contributed by atoms with Gasteiger partial charge in [0.05, 0.1) is 0 Å². The molecular weight excluding hydrogens is 257 g/mol. The van der Waals surface area contributed by atoms with Crippen molar-refractivity contribution in [3.8, 4) is 0 Å². The largest absolute Gasteiger partial charge is 0.426 e. The lowest BCUT2D eigenvalue weighted by Gasteiger charge is -2.15. The molecule has 0 bridgehead atoms. The van der Waals surface area contributed by atoms with Gasteiger partial charge >= 0.3 is 6.92 Å². The molecule has 0 aliphatic rings. The zero-order chi connectivity index (χ0) is 14.2. The lowest BCUT2D eigenvalue weighted by atomic mass is 9.55. The standard InChI is InChI=1S/C17H22BNO.CH4/c1-3-15-9-11-17(12-10-15)18(20-14-13-19-2)16-7-5-4-6-8-16;/h4-12,19H,3,13-14H2,1-2H3;1H4. The maximum atomic E-state index is 6.07. The van der Waals surface area contributed by atoms with Crippen molar-refractivity contribution < 1.29 is 4.65 Å². The topological polar surface area (TPSA) is 21.3 Å². The number of benzene rings is 2. The van der Waals surface area contributed by atoms with E-state index in [-0.39, 0.29) is 14.3 Å². The molecule has 0 saturated carbocycles. The summed E-state index contributed by atoms with van der Waals surface area (Å²) in [6, 6.07) is 19.1. The van der Waals surface area contributed by atoms with Gasteiger partial charge in [-0.3, -0.25) is 0 Å². The highest BCUT2D eigenvalue weighted by molar-refractivity contribution is 6.80. The zero-order valence-corrected chi connectivity index (χ0v) is 12.3. The van der Waals surface area contributed by atoms with E-state index in [0.29, 0.717) is 6.61 Å². The second kappa shape index (κ2) is 9.38. The Morgan fingerprint density at radius 2 is 1.57 bits per heavy atom. The molecule has 0 atom stereocenters. The molecule has 2 aromatic carbocycles. The van der Waals surface area contributed by atoms with Crippen LogP contribution in [0.3, 0.4) is 0 Å². The molecule has 0 amide bonds. The van der Waals surface area contributed by atoms with Crippen LogP contribution < -0.4 is 16.2 Å². The fourth-order valence-electron chi connectivity index (χ4n) is 2.22. The predicted octanol–water partition coefficient (Wildman–Crippen LogP) is 2.23. The summed E-state index contributed by atoms with van der Waals surface area (Å²) >= 11 is 0. The van der Waals surface area contributed by atoms with Crippen molar-refractivity contribution in [2.45, 2.75) is 20.8 Å². The summed E-state index contributed by atoms with van der Waals surface area (Å²) in [5, 5.41) is 3.12. The molecule has 2 nitrogen and oxygen atoms in total. The SMILES string of the molecule is C.CCc1ccc(B(OCCNC)c2ccccc2)cc1. The van der Waals surface area contributed by atoms with E-state index in [9.17, 15) is 0 Å². The van der Waals surface area contributed by atoms with Gasteiger partial charge in [0.15, 0.2) is 0 Å². The molecule has 0 fully saturated rings. The molecule has 0 heterocycles. The number of rotatable bonds is 7. The summed E-state index contributed by atoms with van der Waals surface area (Å²) in [6.45, 7) is 3.74. The number of likely N-dealkylation sites (N-methyl/N-ethyl adjacent to an activating group) is 1. The Morgan fingerprint density at radius 3 is 2.14 bits per heavy atom. The van der Waals surface area contributed by atoms with E-state index < -0.39 is 0 Å². The summed E-state index contributed by atoms with van der Waals surface area (Å²) in [7, 11) is 1.94. The Hall–Kier alpha value is -1.58. The van der Waals surface area contributed by atoms with E-state index in [0.717, 1.165) is 13.0 Å². The molecule has 1 N–H and O–H groups in total. The fraction of sp³-hybridized carbons (Fsp3) is 0.333. The Kier molecular flexibility index (Phi) is 7.80. The van der Waals surface area contributed by atoms with Crippen molar-refractivity contribution in [3.05, 3.63) is 60.2 Å². The molecule has 3 heteroatoms. The van der Waals surface area contributed by atoms with Crippen molar-refractivity contribution in [3.63, 3.8) is 0 Å². The highest BCUT2D eigenvalue weighted by Gasteiger charge is 2.20. The van der Waals surface area contributed by atoms with Crippen LogP contribution in [-0.4, -0.2) is 27.1 Å². The van der Waals surface area contributed by atoms with Crippen LogP contribution >= 0.6 is 0 Å². The van der Waals surface area contributed by atoms with Crippen molar-refractivity contribution in [2.75, 3.05) is 20.2 Å². The van der Waals surface area contributed by atoms with Gasteiger partial charge in [-0.1, -0.05) is 68.9 Å². The summed E-state index contributed by atoms with van der Waals surface area (Å²) < 4.78 is 6.07. The van der Waals surface area contributed by atoms with E-state index in [1.165, 1.54) is 16.5 Å². The maximum absolute atomic E-state index is 6.07. The molecule has 2 aromatic rings. The first-order chi connectivity index (χ1) is 9.85. The molecule has 0 radical (unpaired) electrons. The van der Waals surface area contributed by atoms with Crippen LogP contribution in [0.5, 0.6) is 0 Å². The molecule has 21 heavy (non-hydrogen) atoms. The van der Waals surface area contributed by atoms with Gasteiger partial charge in [0.1, 0.15) is 0 Å². The van der Waals surface area contributed by atoms with Crippen LogP contribution in [0.25, 0.3) is 0 Å². The van der Waals surface area contributed by atoms with Gasteiger partial charge in [0.25, 0.3) is 0 Å². The third-order valence-electron chi connectivity index (χ3n) is 3.43. The second-order valence-electron chi connectivity index (χ2n) is 4.86. The van der Waals surface area contributed by atoms with Gasteiger partial charge in [0, 0.05) is 13.2 Å². The van der Waals surface area contributed by atoms with Gasteiger partial charge in [0.2, 0.25) is 0 Å². The highest BCUT2D eigenvalue weighted by atomic mass is 16.4. The average molecular weight is 283 g/mol. The van der Waals surface area contributed by atoms with E-state index >= 15 is 0 Å². The van der Waals surface area contributed by atoms with Gasteiger partial charge in [-0.25, -0.2) is 0 Å². The van der Waals surface area contributed by atoms with Crippen LogP contribution in [0.1, 0.15) is 19.9 Å². The normalized spacial score (nSPS) is 10.0. The minimum absolute atomic E-state index is 0. The summed E-state index contributed by atoms with van der Waals surface area (Å²) in [5.74, 6) is 0. The average Bonchev–Trinajstić information content (AvgIpc) is 2.53. The first-order valence-electron chi connectivity index (χ1n) is 7.25. The van der Waals surface area contributed by atoms with E-state index in [4.69, 9.17) is 4.65 Å². The van der Waals surface area contributed by atoms with E-state index in [1.807, 2.05) is 13.1 Å². The Balaban J connectivity index is 0.00000220. The van der Waals surface area contributed by atoms with Crippen molar-refractivity contribution in [1.82, 2.24) is 5.32 Å². The lowest BCUT2D eigenvalue weighted by Crippen LogP contribution is -2.45. The predicted molar refractivity (Wildman–Crippen MR) is 93.9 cm³/mol. The van der Waals surface area contributed by atoms with Crippen molar-refractivity contribution >= 4 is 17.8 Å². The first kappa shape index (κ1) is 17.5. The molecule has 0 aromatic heterocycles. The minimum atomic E-state index is 0. The molecule has 2 rings (SSSR count). The summed E-state index contributed by atoms with van der Waals surface area (Å²) in [4.78, 5) is 0. The number of nitrogens with one attached hydrogen (secondary N) is 1. The quantitative estimate of drug-likeness (QED) is 0.621. The Morgan fingerprint density at radius 1 is 0.952 bits per heavy atom. The lowest BCUT2D eigenvalue weighted by molar-refractivity contribution is 0.333. The number of aryl methyl sites for hydroxylation is 1. The van der Waals surface area contributed by atoms with Crippen LogP contribution in [0.15, 0.2) is 54.6 Å². The Bertz CT molecular complexity index is 498. The molecule has 0 aliphatic carbocycles. The molecule has 0 saturated heterocycles. The highest BCUT2D eigenvalue weighted by Crippen LogP contribution is 2.00. The molecule has 112 valence electrons. The van der Waals surface area contributed by atoms with Crippen molar-refractivity contribution in [1.29, 1.82) is 0 Å². The van der Waals surface area contributed by atoms with Gasteiger partial charge in [-0.15, -0.1) is 0 Å². The minimum Gasteiger partial charge on any atom is -0.426 e. The van der Waals surface area contributed by atoms with Crippen LogP contribution in [0.4, 0.5) is 0 Å². The number of hydrogen-bond donors (Lipinski definition) is 1. The third-order valence-corrected chi connectivity index (χ3v) is 3.43. The molecular formula is C18H26BNO. The molecule has 0 unspecified atom stereocenters. The monoisotopic (exact) mass is 283 g/mol. The summed E-state index contributed by atoms with van der Waals surface area (Å²) in [6.07, 6.45) is 1.07. The zero-order valence-electron chi connectivity index (χ0n) is 12.3. The fourth-order valence-corrected chi connectivity index (χ4v) is 2.22. The Labute approximate surface area is 129 Å². The molecule has 0 aliphatic heterocycles. The van der Waals surface area contributed by atoms with Crippen molar-refractivity contribution in [2.24, 2.45) is 0 Å². The third kappa shape index (κ3) is 5.03. The summed E-state index contributed by atoms with van der Waals surface area (Å²) in [5.41, 5.74) is 3.77. The second-order valence-corrected chi connectivity index (χ2v) is 4.86.